The van der Waals surface area contributed by atoms with Crippen molar-refractivity contribution in [1.29, 1.82) is 0 Å². The highest BCUT2D eigenvalue weighted by molar-refractivity contribution is 5.20. The minimum absolute atomic E-state index is 0.00318. The molecule has 0 unspecified atom stereocenters. The van der Waals surface area contributed by atoms with Crippen molar-refractivity contribution >= 4 is 0 Å². The minimum Gasteiger partial charge on any atom is -0.103 e. The van der Waals surface area contributed by atoms with Gasteiger partial charge in [0.05, 0.1) is 0 Å². The number of hydrogen-bond acceptors (Lipinski definition) is 0. The van der Waals surface area contributed by atoms with Gasteiger partial charge < -0.3 is 0 Å². The molecule has 0 heteroatoms. The lowest BCUT2D eigenvalue weighted by Gasteiger charge is -2.68. The van der Waals surface area contributed by atoms with Gasteiger partial charge in [0, 0.05) is 0 Å². The molecule has 0 N–H and O–H groups in total. The van der Waals surface area contributed by atoms with Gasteiger partial charge >= 0.3 is 0 Å². The summed E-state index contributed by atoms with van der Waals surface area (Å²) in [6.07, 6.45) is 9.53. The van der Waals surface area contributed by atoms with Gasteiger partial charge in [0.15, 0.2) is 0 Å². The third-order valence-corrected chi connectivity index (χ3v) is 20.9. The summed E-state index contributed by atoms with van der Waals surface area (Å²) in [4.78, 5) is 0. The maximum atomic E-state index is 4.27. The molecule has 0 aliphatic carbocycles. The lowest BCUT2D eigenvalue weighted by Crippen LogP contribution is -2.61. The topological polar surface area (TPSA) is 0 Å². The van der Waals surface area contributed by atoms with E-state index >= 15 is 0 Å². The van der Waals surface area contributed by atoms with Crippen LogP contribution in [0.1, 0.15) is 194 Å². The first-order chi connectivity index (χ1) is 20.3. The van der Waals surface area contributed by atoms with Gasteiger partial charge in [-0.05, 0) is 75.8 Å². The summed E-state index contributed by atoms with van der Waals surface area (Å²) in [6.45, 7) is 78.1. The molecule has 0 atom stereocenters. The standard InChI is InChI=1S/C48H92/c1-31-35(3,4)39(11,12)43(19,20)47(27,28)45(23,24)41(15,16)37(7,8)33-34-38(9,10)42(17,18)46(25,26)48(29,30)44(21,22)40(13,14)36(5,6)32-2/h31-34H,1-2H2,3-30H3. The minimum atomic E-state index is -0.0653. The van der Waals surface area contributed by atoms with Crippen LogP contribution in [-0.2, 0) is 0 Å². The Kier molecular flexibility index (Phi) is 12.2. The molecule has 0 saturated carbocycles. The van der Waals surface area contributed by atoms with Crippen molar-refractivity contribution in [3.63, 3.8) is 0 Å². The Morgan fingerprint density at radius 1 is 0.208 bits per heavy atom. The smallest absolute Gasteiger partial charge is 0.0118 e. The summed E-state index contributed by atoms with van der Waals surface area (Å²) in [5.41, 5.74) is -0.172. The second-order valence-electron chi connectivity index (χ2n) is 23.9. The SMILES string of the molecule is C=CC(C)(C)C(C)(C)C(C)(C)C(C)(C)C(C)(C)C(C)(C)C(C)(C)C=CC(C)(C)C(C)(C)C(C)(C)C(C)(C)C(C)(C)C(C)(C)C(C)(C)C=C. The van der Waals surface area contributed by atoms with E-state index in [1.54, 1.807) is 0 Å². The molecule has 0 aromatic carbocycles. The Labute approximate surface area is 306 Å². The number of rotatable bonds is 16. The molecule has 48 heavy (non-hydrogen) atoms. The molecule has 0 aromatic heterocycles. The zero-order chi connectivity index (χ0) is 39.8. The molecule has 0 aliphatic heterocycles. The molecule has 0 spiro atoms. The first-order valence-electron chi connectivity index (χ1n) is 19.3. The molecule has 284 valence electrons. The molecule has 0 rings (SSSR count). The van der Waals surface area contributed by atoms with Crippen molar-refractivity contribution in [2.75, 3.05) is 0 Å². The van der Waals surface area contributed by atoms with Gasteiger partial charge in [-0.3, -0.25) is 0 Å². The van der Waals surface area contributed by atoms with Gasteiger partial charge in [-0.2, -0.15) is 0 Å². The van der Waals surface area contributed by atoms with Crippen molar-refractivity contribution in [3.05, 3.63) is 37.5 Å². The second kappa shape index (κ2) is 12.4. The summed E-state index contributed by atoms with van der Waals surface area (Å²) in [6, 6.07) is 0. The first kappa shape index (κ1) is 47.2. The highest BCUT2D eigenvalue weighted by atomic mass is 14.7. The third-order valence-electron chi connectivity index (χ3n) is 20.9. The average molecular weight is 669 g/mol. The fourth-order valence-corrected chi connectivity index (χ4v) is 9.25. The maximum Gasteiger partial charge on any atom is -0.0118 e. The quantitative estimate of drug-likeness (QED) is 0.144. The van der Waals surface area contributed by atoms with Crippen molar-refractivity contribution in [2.45, 2.75) is 194 Å². The average Bonchev–Trinajstić information content (AvgIpc) is 2.90. The van der Waals surface area contributed by atoms with Gasteiger partial charge in [0.25, 0.3) is 0 Å². The van der Waals surface area contributed by atoms with Gasteiger partial charge in [-0.1, -0.05) is 218 Å². The van der Waals surface area contributed by atoms with Crippen LogP contribution in [0, 0.1) is 75.8 Å². The number of hydrogen-bond donors (Lipinski definition) is 0. The molecule has 0 heterocycles. The first-order valence-corrected chi connectivity index (χ1v) is 19.3. The number of allylic oxidation sites excluding steroid dienone is 4. The van der Waals surface area contributed by atoms with Crippen LogP contribution in [0.5, 0.6) is 0 Å². The zero-order valence-corrected chi connectivity index (χ0v) is 38.7. The normalized spacial score (nSPS) is 16.8. The lowest BCUT2D eigenvalue weighted by molar-refractivity contribution is -0.184. The van der Waals surface area contributed by atoms with Crippen LogP contribution in [0.4, 0.5) is 0 Å². The van der Waals surface area contributed by atoms with Crippen molar-refractivity contribution in [3.8, 4) is 0 Å². The van der Waals surface area contributed by atoms with Crippen molar-refractivity contribution in [2.24, 2.45) is 75.8 Å². The van der Waals surface area contributed by atoms with Gasteiger partial charge in [0.2, 0.25) is 0 Å². The van der Waals surface area contributed by atoms with Crippen LogP contribution < -0.4 is 0 Å². The molecular weight excluding hydrogens is 577 g/mol. The molecule has 0 bridgehead atoms. The van der Waals surface area contributed by atoms with E-state index in [0.29, 0.717) is 0 Å². The molecular formula is C48H92. The lowest BCUT2D eigenvalue weighted by atomic mass is 9.36. The largest absolute Gasteiger partial charge is 0.103 e. The maximum absolute atomic E-state index is 4.27. The summed E-state index contributed by atoms with van der Waals surface area (Å²) < 4.78 is 0. The van der Waals surface area contributed by atoms with E-state index in [1.807, 2.05) is 0 Å². The van der Waals surface area contributed by atoms with Gasteiger partial charge in [0.1, 0.15) is 0 Å². The van der Waals surface area contributed by atoms with Gasteiger partial charge in [-0.25, -0.2) is 0 Å². The molecule has 0 aliphatic rings. The zero-order valence-electron chi connectivity index (χ0n) is 38.7. The summed E-state index contributed by atoms with van der Waals surface area (Å²) >= 11 is 0. The highest BCUT2D eigenvalue weighted by Crippen LogP contribution is 2.72. The highest BCUT2D eigenvalue weighted by Gasteiger charge is 2.65. The Balaban J connectivity index is 7.19. The Hall–Kier alpha value is -0.780. The molecule has 0 nitrogen and oxygen atoms in total. The second-order valence-corrected chi connectivity index (χ2v) is 23.9. The Morgan fingerprint density at radius 2 is 0.333 bits per heavy atom. The summed E-state index contributed by atoms with van der Waals surface area (Å²) in [5.74, 6) is 0. The van der Waals surface area contributed by atoms with Crippen LogP contribution in [0.3, 0.4) is 0 Å². The van der Waals surface area contributed by atoms with E-state index in [0.717, 1.165) is 0 Å². The van der Waals surface area contributed by atoms with E-state index in [9.17, 15) is 0 Å². The molecule has 0 amide bonds. The molecule has 0 fully saturated rings. The predicted molar refractivity (Wildman–Crippen MR) is 222 cm³/mol. The fourth-order valence-electron chi connectivity index (χ4n) is 9.25. The van der Waals surface area contributed by atoms with E-state index in [4.69, 9.17) is 0 Å². The molecule has 0 aromatic rings. The Bertz CT molecular complexity index is 1090. The van der Waals surface area contributed by atoms with Crippen LogP contribution in [0.2, 0.25) is 0 Å². The van der Waals surface area contributed by atoms with Crippen LogP contribution >= 0.6 is 0 Å². The van der Waals surface area contributed by atoms with Crippen LogP contribution in [0.25, 0.3) is 0 Å². The van der Waals surface area contributed by atoms with E-state index in [1.165, 1.54) is 0 Å². The van der Waals surface area contributed by atoms with Crippen LogP contribution in [0.15, 0.2) is 37.5 Å². The van der Waals surface area contributed by atoms with Crippen LogP contribution in [-0.4, -0.2) is 0 Å². The molecule has 0 radical (unpaired) electrons. The third kappa shape index (κ3) is 6.12. The van der Waals surface area contributed by atoms with Gasteiger partial charge in [-0.15, -0.1) is 13.2 Å². The van der Waals surface area contributed by atoms with E-state index in [2.05, 4.69) is 231 Å². The monoisotopic (exact) mass is 669 g/mol. The Morgan fingerprint density at radius 3 is 0.479 bits per heavy atom. The predicted octanol–water partition coefficient (Wildman–Crippen LogP) is 16.3. The summed E-state index contributed by atoms with van der Waals surface area (Å²) in [5, 5.41) is 0. The summed E-state index contributed by atoms with van der Waals surface area (Å²) in [7, 11) is 0. The van der Waals surface area contributed by atoms with Crippen molar-refractivity contribution < 1.29 is 0 Å². The van der Waals surface area contributed by atoms with Crippen molar-refractivity contribution in [1.82, 2.24) is 0 Å². The molecule has 0 saturated heterocycles. The van der Waals surface area contributed by atoms with E-state index < -0.39 is 0 Å². The van der Waals surface area contributed by atoms with E-state index in [-0.39, 0.29) is 75.8 Å². The fraction of sp³-hybridized carbons (Fsp3) is 0.875.